The average molecular weight is 396 g/mol. The third-order valence-electron chi connectivity index (χ3n) is 5.41. The fourth-order valence-corrected chi connectivity index (χ4v) is 3.54. The van der Waals surface area contributed by atoms with Crippen molar-refractivity contribution in [3.63, 3.8) is 0 Å². The van der Waals surface area contributed by atoms with Gasteiger partial charge in [-0.25, -0.2) is 0 Å². The van der Waals surface area contributed by atoms with Gasteiger partial charge in [-0.15, -0.1) is 0 Å². The summed E-state index contributed by atoms with van der Waals surface area (Å²) in [5, 5.41) is 0. The van der Waals surface area contributed by atoms with Gasteiger partial charge in [0.15, 0.2) is 0 Å². The van der Waals surface area contributed by atoms with Crippen molar-refractivity contribution in [2.24, 2.45) is 5.92 Å². The lowest BCUT2D eigenvalue weighted by atomic mass is 9.96. The zero-order chi connectivity index (χ0) is 21.6. The molecule has 4 nitrogen and oxygen atoms in total. The number of likely N-dealkylation sites (N-methyl/N-ethyl adjacent to an activating group) is 4. The van der Waals surface area contributed by atoms with Crippen LogP contribution in [0.4, 0.5) is 0 Å². The molecule has 0 aromatic heterocycles. The Morgan fingerprint density at radius 1 is 0.929 bits per heavy atom. The van der Waals surface area contributed by atoms with Crippen molar-refractivity contribution in [1.82, 2.24) is 14.7 Å². The summed E-state index contributed by atoms with van der Waals surface area (Å²) in [6, 6.07) is 0. The highest BCUT2D eigenvalue weighted by Gasteiger charge is 2.17. The third-order valence-corrected chi connectivity index (χ3v) is 5.41. The van der Waals surface area contributed by atoms with Crippen LogP contribution in [0.5, 0.6) is 0 Å². The standard InChI is InChI=1S/C24H51N4/c1-10-12-14-24(13-11-2)21-23(3)22-28(8,9)20-19-27(7)18-17-26(6)16-15-25(4)5/h10,12,21,24H,11,13-20,22H2,1-9H3/q+1/b12-10-,23-21+. The Morgan fingerprint density at radius 2 is 1.50 bits per heavy atom. The van der Waals surface area contributed by atoms with Gasteiger partial charge in [0, 0.05) is 32.7 Å². The molecule has 28 heavy (non-hydrogen) atoms. The molecule has 1 atom stereocenters. The van der Waals surface area contributed by atoms with Gasteiger partial charge in [-0.05, 0) is 66.4 Å². The van der Waals surface area contributed by atoms with E-state index in [1.165, 1.54) is 25.8 Å². The van der Waals surface area contributed by atoms with E-state index in [9.17, 15) is 0 Å². The normalized spacial score (nSPS) is 14.8. The first-order chi connectivity index (χ1) is 13.1. The zero-order valence-electron chi connectivity index (χ0n) is 20.7. The molecule has 0 rings (SSSR count). The van der Waals surface area contributed by atoms with E-state index < -0.39 is 0 Å². The third kappa shape index (κ3) is 15.3. The monoisotopic (exact) mass is 395 g/mol. The first-order valence-corrected chi connectivity index (χ1v) is 11.2. The SMILES string of the molecule is C/C=C\CC(/C=C(\C)C[N+](C)(C)CCN(C)CCN(C)CCN(C)C)CCC. The number of quaternary nitrogens is 1. The van der Waals surface area contributed by atoms with E-state index in [1.54, 1.807) is 5.57 Å². The van der Waals surface area contributed by atoms with Gasteiger partial charge in [-0.3, -0.25) is 4.90 Å². The Balaban J connectivity index is 4.37. The van der Waals surface area contributed by atoms with E-state index in [4.69, 9.17) is 0 Å². The molecule has 0 saturated heterocycles. The van der Waals surface area contributed by atoms with Crippen LogP contribution in [-0.4, -0.2) is 107 Å². The van der Waals surface area contributed by atoms with Crippen molar-refractivity contribution in [3.05, 3.63) is 23.8 Å². The van der Waals surface area contributed by atoms with Crippen molar-refractivity contribution in [2.75, 3.05) is 88.1 Å². The molecule has 0 amide bonds. The van der Waals surface area contributed by atoms with Gasteiger partial charge in [-0.1, -0.05) is 31.6 Å². The highest BCUT2D eigenvalue weighted by Crippen LogP contribution is 2.17. The number of hydrogen-bond donors (Lipinski definition) is 0. The Kier molecular flexibility index (Phi) is 14.8. The zero-order valence-corrected chi connectivity index (χ0v) is 20.7. The maximum absolute atomic E-state index is 2.53. The smallest absolute Gasteiger partial charge is 0.0997 e. The van der Waals surface area contributed by atoms with E-state index in [0.717, 1.165) is 43.8 Å². The molecule has 0 aliphatic carbocycles. The Bertz CT molecular complexity index is 440. The molecule has 0 aliphatic heterocycles. The minimum atomic E-state index is 0.696. The molecule has 166 valence electrons. The van der Waals surface area contributed by atoms with Crippen LogP contribution in [0.25, 0.3) is 0 Å². The highest BCUT2D eigenvalue weighted by atomic mass is 15.3. The Labute approximate surface area is 177 Å². The molecule has 0 heterocycles. The second-order valence-corrected chi connectivity index (χ2v) is 9.59. The van der Waals surface area contributed by atoms with E-state index in [1.807, 2.05) is 0 Å². The molecule has 0 bridgehead atoms. The molecule has 0 saturated carbocycles. The minimum Gasteiger partial charge on any atom is -0.324 e. The van der Waals surface area contributed by atoms with Crippen LogP contribution in [0.15, 0.2) is 23.8 Å². The van der Waals surface area contributed by atoms with Crippen molar-refractivity contribution >= 4 is 0 Å². The van der Waals surface area contributed by atoms with Crippen LogP contribution in [0.1, 0.15) is 40.0 Å². The van der Waals surface area contributed by atoms with Crippen molar-refractivity contribution in [2.45, 2.75) is 40.0 Å². The lowest BCUT2D eigenvalue weighted by molar-refractivity contribution is -0.885. The maximum Gasteiger partial charge on any atom is 0.0997 e. The van der Waals surface area contributed by atoms with Crippen molar-refractivity contribution in [3.8, 4) is 0 Å². The van der Waals surface area contributed by atoms with Gasteiger partial charge in [0.05, 0.1) is 27.2 Å². The van der Waals surface area contributed by atoms with E-state index >= 15 is 0 Å². The first kappa shape index (κ1) is 27.3. The largest absolute Gasteiger partial charge is 0.324 e. The molecule has 1 unspecified atom stereocenters. The summed E-state index contributed by atoms with van der Waals surface area (Å²) < 4.78 is 1.06. The summed E-state index contributed by atoms with van der Waals surface area (Å²) in [4.78, 5) is 7.17. The quantitative estimate of drug-likeness (QED) is 0.291. The predicted molar refractivity (Wildman–Crippen MR) is 127 cm³/mol. The molecular weight excluding hydrogens is 344 g/mol. The molecule has 0 fully saturated rings. The van der Waals surface area contributed by atoms with E-state index in [-0.39, 0.29) is 0 Å². The molecule has 0 spiro atoms. The predicted octanol–water partition coefficient (Wildman–Crippen LogP) is 3.82. The van der Waals surface area contributed by atoms with Crippen molar-refractivity contribution < 1.29 is 4.48 Å². The van der Waals surface area contributed by atoms with E-state index in [0.29, 0.717) is 5.92 Å². The van der Waals surface area contributed by atoms with Crippen LogP contribution < -0.4 is 0 Å². The van der Waals surface area contributed by atoms with Gasteiger partial charge in [0.2, 0.25) is 0 Å². The Morgan fingerprint density at radius 3 is 2.04 bits per heavy atom. The summed E-state index contributed by atoms with van der Waals surface area (Å²) in [7, 11) is 13.5. The van der Waals surface area contributed by atoms with E-state index in [2.05, 4.69) is 96.0 Å². The van der Waals surface area contributed by atoms with Crippen molar-refractivity contribution in [1.29, 1.82) is 0 Å². The lowest BCUT2D eigenvalue weighted by Gasteiger charge is -2.32. The summed E-state index contributed by atoms with van der Waals surface area (Å²) >= 11 is 0. The van der Waals surface area contributed by atoms with Gasteiger partial charge < -0.3 is 14.3 Å². The van der Waals surface area contributed by atoms with Gasteiger partial charge in [0.25, 0.3) is 0 Å². The number of rotatable bonds is 16. The fraction of sp³-hybridized carbons (Fsp3) is 0.833. The highest BCUT2D eigenvalue weighted by molar-refractivity contribution is 5.03. The van der Waals surface area contributed by atoms with Crippen LogP contribution in [0, 0.1) is 5.92 Å². The average Bonchev–Trinajstić information content (AvgIpc) is 2.60. The maximum atomic E-state index is 2.53. The molecule has 0 radical (unpaired) electrons. The number of allylic oxidation sites excluding steroid dienone is 3. The second kappa shape index (κ2) is 15.2. The second-order valence-electron chi connectivity index (χ2n) is 9.59. The summed E-state index contributed by atoms with van der Waals surface area (Å²) in [6.07, 6.45) is 10.8. The van der Waals surface area contributed by atoms with Crippen LogP contribution in [-0.2, 0) is 0 Å². The summed E-state index contributed by atoms with van der Waals surface area (Å²) in [5.74, 6) is 0.696. The number of hydrogen-bond acceptors (Lipinski definition) is 3. The topological polar surface area (TPSA) is 9.72 Å². The van der Waals surface area contributed by atoms with Gasteiger partial charge in [0.1, 0.15) is 0 Å². The lowest BCUT2D eigenvalue weighted by Crippen LogP contribution is -2.46. The molecule has 4 heteroatoms. The van der Waals surface area contributed by atoms with Gasteiger partial charge >= 0.3 is 0 Å². The summed E-state index contributed by atoms with van der Waals surface area (Å²) in [5.41, 5.74) is 1.54. The van der Waals surface area contributed by atoms with Crippen LogP contribution in [0.3, 0.4) is 0 Å². The Hall–Kier alpha value is -0.680. The minimum absolute atomic E-state index is 0.696. The first-order valence-electron chi connectivity index (χ1n) is 11.2. The molecular formula is C24H51N4+. The molecule has 0 aromatic carbocycles. The number of nitrogens with zero attached hydrogens (tertiary/aromatic N) is 4. The molecule has 0 aliphatic rings. The fourth-order valence-electron chi connectivity index (χ4n) is 3.54. The molecule has 0 aromatic rings. The van der Waals surface area contributed by atoms with Crippen LogP contribution in [0.2, 0.25) is 0 Å². The van der Waals surface area contributed by atoms with Gasteiger partial charge in [-0.2, -0.15) is 0 Å². The molecule has 0 N–H and O–H groups in total. The van der Waals surface area contributed by atoms with Crippen LogP contribution >= 0.6 is 0 Å². The summed E-state index contributed by atoms with van der Waals surface area (Å²) in [6.45, 7) is 14.8.